The van der Waals surface area contributed by atoms with Crippen molar-refractivity contribution in [3.8, 4) is 29.7 Å². The third-order valence-corrected chi connectivity index (χ3v) is 20.8. The Labute approximate surface area is 714 Å². The van der Waals surface area contributed by atoms with Gasteiger partial charge in [-0.1, -0.05) is 27.5 Å². The predicted molar refractivity (Wildman–Crippen MR) is 439 cm³/mol. The van der Waals surface area contributed by atoms with Crippen LogP contribution in [-0.2, 0) is 28.0 Å². The van der Waals surface area contributed by atoms with E-state index in [1.807, 2.05) is 65.0 Å². The largest absolute Gasteiger partial charge is 0.461 e. The predicted octanol–water partition coefficient (Wildman–Crippen LogP) is 16.5. The van der Waals surface area contributed by atoms with Gasteiger partial charge in [0.05, 0.1) is 65.9 Å². The number of methoxy groups -OCH3 is 1. The number of nitrogens with one attached hydrogen (secondary N) is 5. The van der Waals surface area contributed by atoms with Gasteiger partial charge in [-0.05, 0) is 136 Å². The van der Waals surface area contributed by atoms with Gasteiger partial charge in [-0.2, -0.15) is 55.4 Å². The van der Waals surface area contributed by atoms with Crippen LogP contribution >= 0.6 is 39.1 Å². The molecule has 44 heteroatoms. The quantitative estimate of drug-likeness (QED) is 0.0122. The van der Waals surface area contributed by atoms with Gasteiger partial charge in [0.2, 0.25) is 29.6 Å². The Bertz CT molecular complexity index is 4750. The lowest BCUT2D eigenvalue weighted by Crippen LogP contribution is -2.32. The molecule has 0 bridgehead atoms. The lowest BCUT2D eigenvalue weighted by Gasteiger charge is -2.29. The van der Waals surface area contributed by atoms with Crippen molar-refractivity contribution in [2.45, 2.75) is 248 Å². The number of rotatable bonds is 20. The van der Waals surface area contributed by atoms with Crippen LogP contribution in [0.1, 0.15) is 191 Å². The monoisotopic (exact) mass is 1820 g/mol. The number of aliphatic hydroxyl groups is 1. The van der Waals surface area contributed by atoms with Crippen LogP contribution < -0.4 is 32.3 Å². The standard InChI is InChI=1S/C17H21F2N5O2.C15H18BrF2N5.C15H20F2N6.C15H19F2N5O.C14H16ClF2N5.C2H3ClO2/c1-3-26-15(25)13-10-14(20-12-4-7-17(18,19)8-5-12)22-16(21-13)24-9-6-11(2)23-24;1-10-4-7-23(22-10)14-20-12(9-16)8-13(21-14)19-11-2-5-15(17,18)6-3-11;1-10-4-7-23(22-10)14-20-12(9-18)8-13(21-14)19-11-2-5-15(16,17)6-3-11;1-10-4-7-22(21-10)14-19-12(9-23)8-13(20-14)18-11-2-5-15(16,17)6-3-11;1-9-4-7-22(21-9)13-19-11(15)8-12(20-13)18-10-2-5-14(16,17)6-3-10;1-5-2(3)4/h6,9-10,12H,3-5,7-8H2,1-2H3,(H,20,21,22);4,7-8,11H,2-3,5-6,9H2,1H3,(H,19,20,21);4,7-8,11H,2-3,5-6,9,18H2,1H3,(H,19,20,21);4,7-8,11,23H,2-3,5-6,9H2,1H3,(H,18,19,20);4,7-8,10H,2-3,5-6H2,1H3,(H,18,19,20);1H3. The van der Waals surface area contributed by atoms with Gasteiger partial charge in [-0.25, -0.2) is 96.8 Å². The van der Waals surface area contributed by atoms with E-state index in [0.717, 1.165) is 34.2 Å². The molecule has 5 fully saturated rings. The molecule has 15 rings (SSSR count). The number of anilines is 5. The van der Waals surface area contributed by atoms with E-state index in [1.54, 1.807) is 71.5 Å². The second kappa shape index (κ2) is 42.6. The van der Waals surface area contributed by atoms with Gasteiger partial charge >= 0.3 is 11.4 Å². The van der Waals surface area contributed by atoms with Crippen LogP contribution in [0.3, 0.4) is 0 Å². The Morgan fingerprint density at radius 2 is 0.689 bits per heavy atom. The molecule has 660 valence electrons. The number of alkyl halides is 11. The maximum absolute atomic E-state index is 13.3. The molecule has 122 heavy (non-hydrogen) atoms. The molecule has 8 N–H and O–H groups in total. The van der Waals surface area contributed by atoms with Crippen molar-refractivity contribution in [1.29, 1.82) is 0 Å². The zero-order valence-corrected chi connectivity index (χ0v) is 71.1. The molecule has 0 amide bonds. The first-order valence-corrected chi connectivity index (χ1v) is 41.5. The van der Waals surface area contributed by atoms with Gasteiger partial charge in [0.25, 0.3) is 29.7 Å². The number of aromatic nitrogens is 20. The first-order chi connectivity index (χ1) is 57.9. The Hall–Kier alpha value is -10.3. The number of carbonyl (C=O) groups excluding carboxylic acids is 2. The van der Waals surface area contributed by atoms with Crippen LogP contribution in [0.4, 0.5) is 77.8 Å². The topological polar surface area (TPSA) is 377 Å². The summed E-state index contributed by atoms with van der Waals surface area (Å²) in [5.41, 5.74) is 11.1. The molecule has 10 aromatic rings. The van der Waals surface area contributed by atoms with Crippen LogP contribution in [0.2, 0.25) is 5.15 Å². The van der Waals surface area contributed by atoms with Crippen LogP contribution in [0.15, 0.2) is 91.6 Å². The number of hydrogen-bond donors (Lipinski definition) is 7. The lowest BCUT2D eigenvalue weighted by molar-refractivity contribution is -0.0366. The van der Waals surface area contributed by atoms with Crippen LogP contribution in [0, 0.1) is 34.6 Å². The van der Waals surface area contributed by atoms with Gasteiger partial charge in [0, 0.05) is 179 Å². The number of halogens is 13. The molecule has 0 aliphatic heterocycles. The molecule has 0 spiro atoms. The maximum Gasteiger partial charge on any atom is 0.403 e. The molecule has 5 aliphatic rings. The molecule has 0 unspecified atom stereocenters. The minimum absolute atomic E-state index is 0.0117. The summed E-state index contributed by atoms with van der Waals surface area (Å²) < 4.78 is 149. The summed E-state index contributed by atoms with van der Waals surface area (Å²) in [7, 11) is 1.22. The summed E-state index contributed by atoms with van der Waals surface area (Å²) in [4.78, 5) is 64.8. The maximum atomic E-state index is 13.3. The van der Waals surface area contributed by atoms with Crippen LogP contribution in [0.25, 0.3) is 29.7 Å². The van der Waals surface area contributed by atoms with E-state index in [1.165, 1.54) is 27.2 Å². The minimum atomic E-state index is -2.60. The molecule has 0 radical (unpaired) electrons. The second-order valence-corrected chi connectivity index (χ2v) is 31.2. The fraction of sp³-hybridized carbons (Fsp3) is 0.526. The molecule has 0 aromatic carbocycles. The third kappa shape index (κ3) is 29.5. The Kier molecular flexibility index (Phi) is 32.8. The summed E-state index contributed by atoms with van der Waals surface area (Å²) in [5, 5.41) is 47.5. The molecule has 10 aromatic heterocycles. The van der Waals surface area contributed by atoms with E-state index in [-0.39, 0.29) is 131 Å². The van der Waals surface area contributed by atoms with E-state index < -0.39 is 41.0 Å². The minimum Gasteiger partial charge on any atom is -0.461 e. The highest BCUT2D eigenvalue weighted by Gasteiger charge is 2.40. The molecule has 5 aliphatic carbocycles. The highest BCUT2D eigenvalue weighted by Crippen LogP contribution is 2.39. The summed E-state index contributed by atoms with van der Waals surface area (Å²) in [6.07, 6.45) is 11.6. The fourth-order valence-corrected chi connectivity index (χ4v) is 13.8. The average molecular weight is 1820 g/mol. The number of nitrogens with two attached hydrogens (primary N) is 1. The van der Waals surface area contributed by atoms with E-state index in [0.29, 0.717) is 134 Å². The Morgan fingerprint density at radius 1 is 0.434 bits per heavy atom. The number of nitrogens with zero attached hydrogens (tertiary/aromatic N) is 20. The van der Waals surface area contributed by atoms with Gasteiger partial charge in [-0.3, -0.25) is 0 Å². The van der Waals surface area contributed by atoms with Crippen molar-refractivity contribution in [2.75, 3.05) is 40.3 Å². The number of hydrogen-bond acceptors (Lipinski definition) is 26. The first kappa shape index (κ1) is 93.9. The highest BCUT2D eigenvalue weighted by molar-refractivity contribution is 9.08. The van der Waals surface area contributed by atoms with Crippen molar-refractivity contribution in [3.05, 3.63) is 148 Å². The van der Waals surface area contributed by atoms with Crippen LogP contribution in [-0.4, -0.2) is 189 Å². The zero-order chi connectivity index (χ0) is 88.1. The Morgan fingerprint density at radius 3 is 0.951 bits per heavy atom. The fourth-order valence-electron chi connectivity index (χ4n) is 13.3. The molecular weight excluding hydrogens is 1720 g/mol. The Balaban J connectivity index is 0.000000158. The van der Waals surface area contributed by atoms with Crippen LogP contribution in [0.5, 0.6) is 0 Å². The number of ether oxygens (including phenoxy) is 2. The molecule has 0 atom stereocenters. The number of aryl methyl sites for hydroxylation is 5. The van der Waals surface area contributed by atoms with Crippen molar-refractivity contribution in [1.82, 2.24) is 98.7 Å². The number of aliphatic hydroxyl groups excluding tert-OH is 1. The third-order valence-electron chi connectivity index (χ3n) is 19.8. The average Bonchev–Trinajstić information content (AvgIpc) is 1.38. The van der Waals surface area contributed by atoms with Gasteiger partial charge in [0.15, 0.2) is 5.69 Å². The lowest BCUT2D eigenvalue weighted by atomic mass is 9.92. The van der Waals surface area contributed by atoms with E-state index in [4.69, 9.17) is 22.1 Å². The molecule has 0 saturated heterocycles. The zero-order valence-electron chi connectivity index (χ0n) is 68.0. The second-order valence-electron chi connectivity index (χ2n) is 30.0. The normalized spacial score (nSPS) is 17.5. The van der Waals surface area contributed by atoms with Crippen molar-refractivity contribution < 1.29 is 68.1 Å². The summed E-state index contributed by atoms with van der Waals surface area (Å²) in [5.74, 6) is -8.86. The summed E-state index contributed by atoms with van der Waals surface area (Å²) >= 11 is 14.0. The molecule has 31 nitrogen and oxygen atoms in total. The smallest absolute Gasteiger partial charge is 0.403 e. The van der Waals surface area contributed by atoms with Crippen molar-refractivity contribution in [3.63, 3.8) is 0 Å². The van der Waals surface area contributed by atoms with E-state index in [9.17, 15) is 58.6 Å². The highest BCUT2D eigenvalue weighted by atomic mass is 79.9. The van der Waals surface area contributed by atoms with E-state index >= 15 is 0 Å². The molecule has 10 heterocycles. The number of carbonyl (C=O) groups is 2. The van der Waals surface area contributed by atoms with Gasteiger partial charge in [-0.15, -0.1) is 0 Å². The van der Waals surface area contributed by atoms with Gasteiger partial charge in [0.1, 0.15) is 34.2 Å². The summed E-state index contributed by atoms with van der Waals surface area (Å²) in [6.45, 7) is 11.3. The molecular formula is C78H97BrCl2F10N26O5. The van der Waals surface area contributed by atoms with E-state index in [2.05, 4.69) is 134 Å². The number of esters is 1. The van der Waals surface area contributed by atoms with Gasteiger partial charge < -0.3 is 46.9 Å². The SMILES string of the molecule is CCOC(=O)c1cc(NC2CCC(F)(F)CC2)nc(-n2ccc(C)n2)n1.COC(=O)Cl.Cc1ccn(-c2nc(CBr)cc(NC3CCC(F)(F)CC3)n2)n1.Cc1ccn(-c2nc(CN)cc(NC3CCC(F)(F)CC3)n2)n1.Cc1ccn(-c2nc(CO)cc(NC3CCC(F)(F)CC3)n2)n1.Cc1ccn(-c2nc(Cl)cc(NC3CCC(F)(F)CC3)n2)n1. The van der Waals surface area contributed by atoms with Crippen molar-refractivity contribution in [2.24, 2.45) is 5.73 Å². The molecule has 5 saturated carbocycles. The first-order valence-electron chi connectivity index (χ1n) is 39.6. The summed E-state index contributed by atoms with van der Waals surface area (Å²) in [6, 6.07) is 17.3. The van der Waals surface area contributed by atoms with Crippen molar-refractivity contribution >= 4 is 79.6 Å².